The Morgan fingerprint density at radius 2 is 1.58 bits per heavy atom. The molecule has 0 aromatic heterocycles. The number of amides is 1. The Labute approximate surface area is 154 Å². The molecule has 0 aliphatic heterocycles. The standard InChI is InChI=1S/C18H29NO7/c1-19-18(21)15-4-5-17(16(20)14-15)26-13-12-25-11-10-24-9-8-23-7-3-6-22-2/h4-5,14,20H,3,6-13H2,1-2H3,(H,19,21). The summed E-state index contributed by atoms with van der Waals surface area (Å²) >= 11 is 0. The molecule has 1 aromatic rings. The van der Waals surface area contributed by atoms with E-state index in [2.05, 4.69) is 5.32 Å². The van der Waals surface area contributed by atoms with Crippen LogP contribution in [-0.4, -0.2) is 78.0 Å². The van der Waals surface area contributed by atoms with Crippen LogP contribution < -0.4 is 10.1 Å². The lowest BCUT2D eigenvalue weighted by molar-refractivity contribution is 0.00658. The van der Waals surface area contributed by atoms with Gasteiger partial charge in [-0.05, 0) is 24.6 Å². The Bertz CT molecular complexity index is 510. The lowest BCUT2D eigenvalue weighted by Crippen LogP contribution is -2.17. The van der Waals surface area contributed by atoms with Gasteiger partial charge in [-0.3, -0.25) is 4.79 Å². The van der Waals surface area contributed by atoms with Crippen molar-refractivity contribution in [3.63, 3.8) is 0 Å². The number of carbonyl (C=O) groups excluding carboxylic acids is 1. The van der Waals surface area contributed by atoms with Crippen molar-refractivity contribution in [2.24, 2.45) is 0 Å². The number of phenolic OH excluding ortho intramolecular Hbond substituents is 1. The zero-order chi connectivity index (χ0) is 19.0. The molecule has 0 saturated carbocycles. The van der Waals surface area contributed by atoms with Crippen LogP contribution in [0.3, 0.4) is 0 Å². The van der Waals surface area contributed by atoms with E-state index in [1.165, 1.54) is 13.1 Å². The van der Waals surface area contributed by atoms with Crippen LogP contribution in [0.4, 0.5) is 0 Å². The molecule has 0 aliphatic rings. The maximum absolute atomic E-state index is 11.5. The predicted octanol–water partition coefficient (Wildman–Crippen LogP) is 1.22. The van der Waals surface area contributed by atoms with E-state index in [4.69, 9.17) is 23.7 Å². The van der Waals surface area contributed by atoms with E-state index in [-0.39, 0.29) is 18.3 Å². The summed E-state index contributed by atoms with van der Waals surface area (Å²) in [6.07, 6.45) is 0.879. The van der Waals surface area contributed by atoms with Gasteiger partial charge in [0.1, 0.15) is 6.61 Å². The minimum Gasteiger partial charge on any atom is -0.504 e. The first-order valence-electron chi connectivity index (χ1n) is 8.59. The van der Waals surface area contributed by atoms with E-state index in [0.717, 1.165) is 6.42 Å². The van der Waals surface area contributed by atoms with E-state index < -0.39 is 0 Å². The third-order valence-corrected chi connectivity index (χ3v) is 3.31. The van der Waals surface area contributed by atoms with Crippen LogP contribution in [0.1, 0.15) is 16.8 Å². The minimum atomic E-state index is -0.268. The monoisotopic (exact) mass is 371 g/mol. The van der Waals surface area contributed by atoms with Crippen LogP contribution in [0.25, 0.3) is 0 Å². The quantitative estimate of drug-likeness (QED) is 0.448. The van der Waals surface area contributed by atoms with Gasteiger partial charge in [0.25, 0.3) is 5.91 Å². The van der Waals surface area contributed by atoms with Crippen molar-refractivity contribution in [1.82, 2.24) is 5.32 Å². The number of rotatable bonds is 15. The molecule has 0 fully saturated rings. The molecule has 0 heterocycles. The highest BCUT2D eigenvalue weighted by Gasteiger charge is 2.08. The normalized spacial score (nSPS) is 10.7. The molecule has 0 spiro atoms. The number of nitrogens with one attached hydrogen (secondary N) is 1. The number of carbonyl (C=O) groups is 1. The molecular weight excluding hydrogens is 342 g/mol. The molecule has 148 valence electrons. The SMILES string of the molecule is CNC(=O)c1ccc(OCCOCCOCCOCCCOC)c(O)c1. The van der Waals surface area contributed by atoms with Gasteiger partial charge in [-0.2, -0.15) is 0 Å². The first kappa shape index (κ1) is 22.2. The van der Waals surface area contributed by atoms with E-state index in [1.807, 2.05) is 0 Å². The van der Waals surface area contributed by atoms with Gasteiger partial charge in [0.15, 0.2) is 11.5 Å². The van der Waals surface area contributed by atoms with E-state index in [9.17, 15) is 9.90 Å². The molecule has 26 heavy (non-hydrogen) atoms. The van der Waals surface area contributed by atoms with E-state index in [0.29, 0.717) is 57.6 Å². The average molecular weight is 371 g/mol. The number of aromatic hydroxyl groups is 1. The Morgan fingerprint density at radius 1 is 0.962 bits per heavy atom. The summed E-state index contributed by atoms with van der Waals surface area (Å²) in [6.45, 7) is 4.04. The molecule has 2 N–H and O–H groups in total. The van der Waals surface area contributed by atoms with Gasteiger partial charge in [0, 0.05) is 32.9 Å². The summed E-state index contributed by atoms with van der Waals surface area (Å²) in [6, 6.07) is 4.50. The van der Waals surface area contributed by atoms with Crippen LogP contribution in [0, 0.1) is 0 Å². The fourth-order valence-electron chi connectivity index (χ4n) is 1.98. The summed E-state index contributed by atoms with van der Waals surface area (Å²) in [7, 11) is 3.20. The van der Waals surface area contributed by atoms with Crippen LogP contribution in [0.15, 0.2) is 18.2 Å². The third kappa shape index (κ3) is 9.57. The van der Waals surface area contributed by atoms with Crippen LogP contribution in [0.5, 0.6) is 11.5 Å². The number of hydrogen-bond acceptors (Lipinski definition) is 7. The molecular formula is C18H29NO7. The molecule has 8 nitrogen and oxygen atoms in total. The molecule has 0 bridgehead atoms. The molecule has 0 saturated heterocycles. The number of hydrogen-bond donors (Lipinski definition) is 2. The number of ether oxygens (including phenoxy) is 5. The fourth-order valence-corrected chi connectivity index (χ4v) is 1.98. The summed E-state index contributed by atoms with van der Waals surface area (Å²) < 4.78 is 26.4. The van der Waals surface area contributed by atoms with Crippen LogP contribution >= 0.6 is 0 Å². The Balaban J connectivity index is 2.00. The van der Waals surface area contributed by atoms with Gasteiger partial charge < -0.3 is 34.1 Å². The van der Waals surface area contributed by atoms with Crippen molar-refractivity contribution in [2.75, 3.05) is 67.0 Å². The first-order chi connectivity index (χ1) is 12.7. The van der Waals surface area contributed by atoms with Gasteiger partial charge in [-0.25, -0.2) is 0 Å². The molecule has 1 aromatic carbocycles. The van der Waals surface area contributed by atoms with E-state index >= 15 is 0 Å². The van der Waals surface area contributed by atoms with Crippen molar-refractivity contribution < 1.29 is 33.6 Å². The van der Waals surface area contributed by atoms with Crippen molar-refractivity contribution in [3.8, 4) is 11.5 Å². The fraction of sp³-hybridized carbons (Fsp3) is 0.611. The second kappa shape index (κ2) is 14.3. The average Bonchev–Trinajstić information content (AvgIpc) is 2.65. The Morgan fingerprint density at radius 3 is 2.15 bits per heavy atom. The van der Waals surface area contributed by atoms with Crippen molar-refractivity contribution in [1.29, 1.82) is 0 Å². The highest BCUT2D eigenvalue weighted by Crippen LogP contribution is 2.26. The smallest absolute Gasteiger partial charge is 0.251 e. The molecule has 0 aliphatic carbocycles. The first-order valence-corrected chi connectivity index (χ1v) is 8.59. The second-order valence-electron chi connectivity index (χ2n) is 5.29. The molecule has 0 unspecified atom stereocenters. The lowest BCUT2D eigenvalue weighted by atomic mass is 10.2. The minimum absolute atomic E-state index is 0.0834. The molecule has 8 heteroatoms. The lowest BCUT2D eigenvalue weighted by Gasteiger charge is -2.10. The Hall–Kier alpha value is -1.87. The van der Waals surface area contributed by atoms with Gasteiger partial charge in [0.05, 0.1) is 33.0 Å². The van der Waals surface area contributed by atoms with Crippen molar-refractivity contribution in [3.05, 3.63) is 23.8 Å². The summed E-state index contributed by atoms with van der Waals surface area (Å²) in [5, 5.41) is 12.3. The number of phenols is 1. The third-order valence-electron chi connectivity index (χ3n) is 3.31. The molecule has 1 rings (SSSR count). The van der Waals surface area contributed by atoms with Crippen LogP contribution in [-0.2, 0) is 18.9 Å². The number of methoxy groups -OCH3 is 1. The highest BCUT2D eigenvalue weighted by molar-refractivity contribution is 5.94. The highest BCUT2D eigenvalue weighted by atomic mass is 16.6. The zero-order valence-corrected chi connectivity index (χ0v) is 15.5. The largest absolute Gasteiger partial charge is 0.504 e. The topological polar surface area (TPSA) is 95.5 Å². The van der Waals surface area contributed by atoms with Crippen molar-refractivity contribution >= 4 is 5.91 Å². The van der Waals surface area contributed by atoms with Crippen molar-refractivity contribution in [2.45, 2.75) is 6.42 Å². The van der Waals surface area contributed by atoms with Crippen LogP contribution in [0.2, 0.25) is 0 Å². The van der Waals surface area contributed by atoms with E-state index in [1.54, 1.807) is 19.2 Å². The molecule has 0 atom stereocenters. The summed E-state index contributed by atoms with van der Waals surface area (Å²) in [5.74, 6) is -0.0429. The maximum Gasteiger partial charge on any atom is 0.251 e. The van der Waals surface area contributed by atoms with Gasteiger partial charge in [-0.1, -0.05) is 0 Å². The second-order valence-corrected chi connectivity index (χ2v) is 5.29. The predicted molar refractivity (Wildman–Crippen MR) is 95.9 cm³/mol. The molecule has 1 amide bonds. The summed E-state index contributed by atoms with van der Waals surface area (Å²) in [4.78, 5) is 11.5. The molecule has 0 radical (unpaired) electrons. The van der Waals surface area contributed by atoms with Gasteiger partial charge in [0.2, 0.25) is 0 Å². The summed E-state index contributed by atoms with van der Waals surface area (Å²) in [5.41, 5.74) is 0.369. The Kier molecular flexibility index (Phi) is 12.2. The van der Waals surface area contributed by atoms with Gasteiger partial charge >= 0.3 is 0 Å². The maximum atomic E-state index is 11.5. The van der Waals surface area contributed by atoms with Gasteiger partial charge in [-0.15, -0.1) is 0 Å². The zero-order valence-electron chi connectivity index (χ0n) is 15.5. The number of benzene rings is 1.